The summed E-state index contributed by atoms with van der Waals surface area (Å²) in [6.45, 7) is 3.46. The molecule has 0 saturated heterocycles. The van der Waals surface area contributed by atoms with Crippen molar-refractivity contribution in [3.05, 3.63) is 39.5 Å². The fraction of sp³-hybridized carbons (Fsp3) is 0.250. The van der Waals surface area contributed by atoms with Crippen molar-refractivity contribution >= 4 is 11.7 Å². The van der Waals surface area contributed by atoms with E-state index in [-0.39, 0.29) is 11.4 Å². The number of nitrogens with two attached hydrogens (primary N) is 2. The maximum atomic E-state index is 12.3. The maximum absolute atomic E-state index is 12.3. The Hall–Kier alpha value is -2.57. The number of rotatable bonds is 2. The van der Waals surface area contributed by atoms with Gasteiger partial charge in [-0.1, -0.05) is 0 Å². The Kier molecular flexibility index (Phi) is 3.37. The molecule has 5 N–H and O–H groups in total. The summed E-state index contributed by atoms with van der Waals surface area (Å²) in [6.07, 6.45) is 3.96. The van der Waals surface area contributed by atoms with Gasteiger partial charge in [-0.3, -0.25) is 4.79 Å². The van der Waals surface area contributed by atoms with E-state index < -0.39 is 0 Å². The van der Waals surface area contributed by atoms with E-state index in [4.69, 9.17) is 16.2 Å². The fourth-order valence-corrected chi connectivity index (χ4v) is 1.94. The van der Waals surface area contributed by atoms with Gasteiger partial charge in [-0.2, -0.15) is 5.10 Å². The van der Waals surface area contributed by atoms with Crippen molar-refractivity contribution in [2.75, 3.05) is 0 Å². The minimum Gasteiger partial charge on any atom is -0.459 e. The summed E-state index contributed by atoms with van der Waals surface area (Å²) in [7, 11) is 0. The van der Waals surface area contributed by atoms with Gasteiger partial charge < -0.3 is 21.2 Å². The quantitative estimate of drug-likeness (QED) is 0.398. The van der Waals surface area contributed by atoms with Crippen molar-refractivity contribution < 1.29 is 4.74 Å². The standard InChI is InChI=1S/C12H15N5O2/c1-6-9(7(2)16-17-12(13)14)10(18)11-8(15-6)4-3-5-19-11/h3,5H,4H2,1-2H3,(H,15,18)(H4,13,14,17)/b16-7+. The van der Waals surface area contributed by atoms with Crippen LogP contribution in [0.4, 0.5) is 0 Å². The van der Waals surface area contributed by atoms with E-state index in [1.807, 2.05) is 6.08 Å². The Morgan fingerprint density at radius 2 is 2.16 bits per heavy atom. The lowest BCUT2D eigenvalue weighted by Gasteiger charge is -2.14. The molecule has 7 nitrogen and oxygen atoms in total. The van der Waals surface area contributed by atoms with Crippen molar-refractivity contribution in [1.29, 1.82) is 0 Å². The lowest BCUT2D eigenvalue weighted by Crippen LogP contribution is -2.23. The second-order valence-electron chi connectivity index (χ2n) is 4.17. The third-order valence-corrected chi connectivity index (χ3v) is 2.70. The van der Waals surface area contributed by atoms with Crippen molar-refractivity contribution in [1.82, 2.24) is 4.98 Å². The van der Waals surface area contributed by atoms with Crippen LogP contribution in [0.3, 0.4) is 0 Å². The van der Waals surface area contributed by atoms with Crippen molar-refractivity contribution in [3.63, 3.8) is 0 Å². The third-order valence-electron chi connectivity index (χ3n) is 2.70. The molecule has 1 aromatic rings. The number of hydrogen-bond donors (Lipinski definition) is 3. The van der Waals surface area contributed by atoms with Crippen LogP contribution >= 0.6 is 0 Å². The highest BCUT2D eigenvalue weighted by Crippen LogP contribution is 2.19. The van der Waals surface area contributed by atoms with E-state index in [2.05, 4.69) is 15.2 Å². The zero-order chi connectivity index (χ0) is 14.0. The average Bonchev–Trinajstić information content (AvgIpc) is 2.36. The first kappa shape index (κ1) is 12.9. The zero-order valence-corrected chi connectivity index (χ0v) is 10.7. The molecule has 0 radical (unpaired) electrons. The predicted octanol–water partition coefficient (Wildman–Crippen LogP) is 0.129. The van der Waals surface area contributed by atoms with Gasteiger partial charge in [0.05, 0.1) is 23.2 Å². The molecule has 0 amide bonds. The molecule has 0 saturated carbocycles. The molecule has 1 aliphatic heterocycles. The molecule has 100 valence electrons. The minimum absolute atomic E-state index is 0.162. The summed E-state index contributed by atoms with van der Waals surface area (Å²) >= 11 is 0. The van der Waals surface area contributed by atoms with E-state index in [0.29, 0.717) is 29.1 Å². The molecular formula is C12H15N5O2. The highest BCUT2D eigenvalue weighted by molar-refractivity contribution is 6.00. The Labute approximate surface area is 109 Å². The van der Waals surface area contributed by atoms with Crippen LogP contribution in [-0.4, -0.2) is 16.7 Å². The number of aryl methyl sites for hydroxylation is 1. The van der Waals surface area contributed by atoms with Gasteiger partial charge in [-0.25, -0.2) is 0 Å². The van der Waals surface area contributed by atoms with Crippen LogP contribution in [0, 0.1) is 6.92 Å². The smallest absolute Gasteiger partial charge is 0.233 e. The number of aromatic nitrogens is 1. The molecule has 2 rings (SSSR count). The van der Waals surface area contributed by atoms with Gasteiger partial charge >= 0.3 is 0 Å². The monoisotopic (exact) mass is 261 g/mol. The SMILES string of the molecule is C/C(=N\N=C(N)N)c1c(C)[nH]c2c(c1=O)OC=CC2. The van der Waals surface area contributed by atoms with E-state index >= 15 is 0 Å². The van der Waals surface area contributed by atoms with Crippen LogP contribution in [-0.2, 0) is 6.42 Å². The first-order valence-electron chi connectivity index (χ1n) is 5.71. The molecule has 2 heterocycles. The van der Waals surface area contributed by atoms with Crippen molar-refractivity contribution in [2.24, 2.45) is 21.7 Å². The number of nitrogens with zero attached hydrogens (tertiary/aromatic N) is 2. The molecule has 0 aromatic carbocycles. The summed E-state index contributed by atoms with van der Waals surface area (Å²) < 4.78 is 5.26. The second-order valence-corrected chi connectivity index (χ2v) is 4.17. The molecule has 0 atom stereocenters. The molecule has 0 unspecified atom stereocenters. The Bertz CT molecular complexity index is 651. The number of aromatic amines is 1. The van der Waals surface area contributed by atoms with E-state index in [1.54, 1.807) is 13.8 Å². The Morgan fingerprint density at radius 3 is 2.84 bits per heavy atom. The first-order chi connectivity index (χ1) is 9.00. The van der Waals surface area contributed by atoms with E-state index in [1.165, 1.54) is 6.26 Å². The van der Waals surface area contributed by atoms with Crippen LogP contribution in [0.1, 0.15) is 23.9 Å². The minimum atomic E-state index is -0.220. The predicted molar refractivity (Wildman–Crippen MR) is 73.3 cm³/mol. The molecule has 7 heteroatoms. The number of fused-ring (bicyclic) bond motifs is 1. The Balaban J connectivity index is 2.57. The third kappa shape index (κ3) is 2.49. The van der Waals surface area contributed by atoms with Gasteiger partial charge in [0.2, 0.25) is 11.4 Å². The molecule has 0 spiro atoms. The normalized spacial score (nSPS) is 13.7. The van der Waals surface area contributed by atoms with Gasteiger partial charge in [0.1, 0.15) is 0 Å². The summed E-state index contributed by atoms with van der Waals surface area (Å²) in [5.74, 6) is 0.132. The van der Waals surface area contributed by atoms with Gasteiger partial charge in [0.15, 0.2) is 5.75 Å². The van der Waals surface area contributed by atoms with E-state index in [0.717, 1.165) is 5.69 Å². The Morgan fingerprint density at radius 1 is 1.42 bits per heavy atom. The van der Waals surface area contributed by atoms with Crippen molar-refractivity contribution in [3.8, 4) is 5.75 Å². The van der Waals surface area contributed by atoms with Crippen LogP contribution in [0.2, 0.25) is 0 Å². The number of nitrogens with one attached hydrogen (secondary N) is 1. The van der Waals surface area contributed by atoms with Crippen molar-refractivity contribution in [2.45, 2.75) is 20.3 Å². The number of pyridine rings is 1. The fourth-order valence-electron chi connectivity index (χ4n) is 1.94. The lowest BCUT2D eigenvalue weighted by atomic mass is 10.1. The maximum Gasteiger partial charge on any atom is 0.233 e. The average molecular weight is 261 g/mol. The number of guanidine groups is 1. The van der Waals surface area contributed by atoms with Gasteiger partial charge in [-0.15, -0.1) is 5.10 Å². The molecule has 19 heavy (non-hydrogen) atoms. The van der Waals surface area contributed by atoms with Gasteiger partial charge in [0.25, 0.3) is 0 Å². The summed E-state index contributed by atoms with van der Waals surface area (Å²) in [4.78, 5) is 15.5. The van der Waals surface area contributed by atoms with Crippen LogP contribution in [0.15, 0.2) is 27.3 Å². The van der Waals surface area contributed by atoms with Crippen LogP contribution in [0.25, 0.3) is 0 Å². The molecule has 0 fully saturated rings. The topological polar surface area (TPSA) is 119 Å². The van der Waals surface area contributed by atoms with E-state index in [9.17, 15) is 4.79 Å². The summed E-state index contributed by atoms with van der Waals surface area (Å²) in [5, 5.41) is 7.37. The number of ether oxygens (including phenoxy) is 1. The number of H-pyrrole nitrogens is 1. The number of hydrogen-bond acceptors (Lipinski definition) is 4. The summed E-state index contributed by atoms with van der Waals surface area (Å²) in [5.41, 5.74) is 12.5. The number of allylic oxidation sites excluding steroid dienone is 1. The highest BCUT2D eigenvalue weighted by atomic mass is 16.5. The largest absolute Gasteiger partial charge is 0.459 e. The van der Waals surface area contributed by atoms with Gasteiger partial charge in [0, 0.05) is 12.1 Å². The van der Waals surface area contributed by atoms with Crippen LogP contribution < -0.4 is 21.6 Å². The molecule has 1 aliphatic rings. The van der Waals surface area contributed by atoms with Gasteiger partial charge in [-0.05, 0) is 19.9 Å². The van der Waals surface area contributed by atoms with Crippen LogP contribution in [0.5, 0.6) is 5.75 Å². The molecule has 0 aliphatic carbocycles. The second kappa shape index (κ2) is 4.97. The highest BCUT2D eigenvalue weighted by Gasteiger charge is 2.18. The zero-order valence-electron chi connectivity index (χ0n) is 10.7. The lowest BCUT2D eigenvalue weighted by molar-refractivity contribution is 0.455. The summed E-state index contributed by atoms with van der Waals surface area (Å²) in [6, 6.07) is 0. The first-order valence-corrected chi connectivity index (χ1v) is 5.71. The molecule has 1 aromatic heterocycles. The molecule has 0 bridgehead atoms. The molecular weight excluding hydrogens is 246 g/mol.